The van der Waals surface area contributed by atoms with Gasteiger partial charge in [-0.2, -0.15) is 5.10 Å². The molecule has 5 heteroatoms. The number of hydrogen-bond donors (Lipinski definition) is 1. The third kappa shape index (κ3) is 2.56. The van der Waals surface area contributed by atoms with Crippen molar-refractivity contribution >= 4 is 0 Å². The van der Waals surface area contributed by atoms with Crippen LogP contribution in [0.2, 0.25) is 0 Å². The highest BCUT2D eigenvalue weighted by atomic mass is 16.5. The molecule has 1 unspecified atom stereocenters. The van der Waals surface area contributed by atoms with Gasteiger partial charge in [0.25, 0.3) is 0 Å². The molecule has 0 aliphatic rings. The van der Waals surface area contributed by atoms with Crippen molar-refractivity contribution in [2.75, 3.05) is 21.3 Å². The summed E-state index contributed by atoms with van der Waals surface area (Å²) in [5.41, 5.74) is 2.19. The van der Waals surface area contributed by atoms with Crippen molar-refractivity contribution in [3.8, 4) is 11.5 Å². The molecule has 1 atom stereocenters. The van der Waals surface area contributed by atoms with E-state index in [1.807, 2.05) is 43.0 Å². The number of hydrogen-bond acceptors (Lipinski definition) is 4. The van der Waals surface area contributed by atoms with Gasteiger partial charge in [-0.05, 0) is 30.8 Å². The summed E-state index contributed by atoms with van der Waals surface area (Å²) in [6, 6.07) is 7.97. The Morgan fingerprint density at radius 1 is 1.16 bits per heavy atom. The van der Waals surface area contributed by atoms with Crippen LogP contribution in [0.5, 0.6) is 11.5 Å². The first-order chi connectivity index (χ1) is 9.21. The summed E-state index contributed by atoms with van der Waals surface area (Å²) in [5.74, 6) is 1.45. The third-order valence-electron chi connectivity index (χ3n) is 3.18. The summed E-state index contributed by atoms with van der Waals surface area (Å²) in [6.07, 6.45) is 1.79. The third-order valence-corrected chi connectivity index (χ3v) is 3.18. The van der Waals surface area contributed by atoms with E-state index < -0.39 is 0 Å². The fourth-order valence-electron chi connectivity index (χ4n) is 2.18. The minimum Gasteiger partial charge on any atom is -0.493 e. The number of benzene rings is 1. The van der Waals surface area contributed by atoms with Crippen molar-refractivity contribution in [3.05, 3.63) is 41.7 Å². The number of ether oxygens (including phenoxy) is 2. The second-order valence-electron chi connectivity index (χ2n) is 4.22. The molecule has 2 aromatic rings. The van der Waals surface area contributed by atoms with Crippen LogP contribution in [0.1, 0.15) is 17.3 Å². The van der Waals surface area contributed by atoms with Gasteiger partial charge >= 0.3 is 0 Å². The highest BCUT2D eigenvalue weighted by Crippen LogP contribution is 2.31. The Balaban J connectivity index is 2.42. The number of nitrogens with one attached hydrogen (secondary N) is 1. The van der Waals surface area contributed by atoms with Gasteiger partial charge in [0, 0.05) is 13.2 Å². The first-order valence-corrected chi connectivity index (χ1v) is 6.08. The molecule has 1 heterocycles. The van der Waals surface area contributed by atoms with Gasteiger partial charge < -0.3 is 14.8 Å². The van der Waals surface area contributed by atoms with Crippen LogP contribution in [0.25, 0.3) is 0 Å². The molecule has 0 bridgehead atoms. The fourth-order valence-corrected chi connectivity index (χ4v) is 2.18. The van der Waals surface area contributed by atoms with Crippen LogP contribution in [0.4, 0.5) is 0 Å². The van der Waals surface area contributed by atoms with Gasteiger partial charge in [-0.15, -0.1) is 0 Å². The lowest BCUT2D eigenvalue weighted by atomic mass is 10.0. The van der Waals surface area contributed by atoms with Crippen LogP contribution >= 0.6 is 0 Å². The summed E-state index contributed by atoms with van der Waals surface area (Å²) in [6.45, 7) is 0. The quantitative estimate of drug-likeness (QED) is 0.890. The van der Waals surface area contributed by atoms with Crippen molar-refractivity contribution in [1.29, 1.82) is 0 Å². The zero-order valence-electron chi connectivity index (χ0n) is 11.7. The van der Waals surface area contributed by atoms with Crippen LogP contribution in [-0.2, 0) is 7.05 Å². The van der Waals surface area contributed by atoms with Crippen molar-refractivity contribution in [2.24, 2.45) is 7.05 Å². The maximum atomic E-state index is 5.34. The predicted octanol–water partition coefficient (Wildman–Crippen LogP) is 1.75. The molecule has 0 saturated heterocycles. The van der Waals surface area contributed by atoms with E-state index in [9.17, 15) is 0 Å². The van der Waals surface area contributed by atoms with E-state index in [2.05, 4.69) is 10.4 Å². The van der Waals surface area contributed by atoms with Crippen LogP contribution in [0.3, 0.4) is 0 Å². The molecular weight excluding hydrogens is 242 g/mol. The largest absolute Gasteiger partial charge is 0.493 e. The lowest BCUT2D eigenvalue weighted by molar-refractivity contribution is 0.354. The summed E-state index contributed by atoms with van der Waals surface area (Å²) in [7, 11) is 7.13. The van der Waals surface area contributed by atoms with Gasteiger partial charge in [-0.1, -0.05) is 6.07 Å². The molecule has 19 heavy (non-hydrogen) atoms. The van der Waals surface area contributed by atoms with Gasteiger partial charge in [-0.25, -0.2) is 0 Å². The normalized spacial score (nSPS) is 12.2. The monoisotopic (exact) mass is 261 g/mol. The van der Waals surface area contributed by atoms with E-state index in [0.717, 1.165) is 22.8 Å². The van der Waals surface area contributed by atoms with Crippen LogP contribution in [0, 0.1) is 0 Å². The maximum Gasteiger partial charge on any atom is 0.161 e. The van der Waals surface area contributed by atoms with Crippen LogP contribution < -0.4 is 14.8 Å². The Morgan fingerprint density at radius 2 is 1.89 bits per heavy atom. The van der Waals surface area contributed by atoms with E-state index in [0.29, 0.717) is 0 Å². The number of nitrogens with zero attached hydrogens (tertiary/aromatic N) is 2. The Kier molecular flexibility index (Phi) is 4.06. The Bertz CT molecular complexity index is 551. The summed E-state index contributed by atoms with van der Waals surface area (Å²) in [4.78, 5) is 0. The van der Waals surface area contributed by atoms with E-state index in [4.69, 9.17) is 9.47 Å². The van der Waals surface area contributed by atoms with Crippen molar-refractivity contribution in [2.45, 2.75) is 6.04 Å². The minimum atomic E-state index is 0.0623. The Labute approximate surface area is 113 Å². The first-order valence-electron chi connectivity index (χ1n) is 6.08. The predicted molar refractivity (Wildman–Crippen MR) is 73.7 cm³/mol. The Hall–Kier alpha value is -2.01. The molecule has 0 saturated carbocycles. The highest BCUT2D eigenvalue weighted by Gasteiger charge is 2.17. The maximum absolute atomic E-state index is 5.34. The molecule has 0 aliphatic carbocycles. The number of aromatic nitrogens is 2. The molecule has 1 aromatic carbocycles. The second kappa shape index (κ2) is 5.75. The Morgan fingerprint density at radius 3 is 2.42 bits per heavy atom. The van der Waals surface area contributed by atoms with Gasteiger partial charge in [-0.3, -0.25) is 4.68 Å². The molecule has 2 rings (SSSR count). The molecule has 5 nitrogen and oxygen atoms in total. The summed E-state index contributed by atoms with van der Waals surface area (Å²) in [5, 5.41) is 7.50. The zero-order valence-corrected chi connectivity index (χ0v) is 11.7. The van der Waals surface area contributed by atoms with E-state index in [-0.39, 0.29) is 6.04 Å². The number of aryl methyl sites for hydroxylation is 1. The molecule has 0 spiro atoms. The molecule has 102 valence electrons. The number of rotatable bonds is 5. The SMILES string of the molecule is CNC(c1ccc(OC)c(OC)c1)c1ccnn1C. The highest BCUT2D eigenvalue weighted by molar-refractivity contribution is 5.45. The summed E-state index contributed by atoms with van der Waals surface area (Å²) < 4.78 is 12.5. The van der Waals surface area contributed by atoms with Crippen LogP contribution in [-0.4, -0.2) is 31.0 Å². The molecule has 0 aliphatic heterocycles. The molecule has 1 N–H and O–H groups in total. The average molecular weight is 261 g/mol. The molecule has 0 amide bonds. The van der Waals surface area contributed by atoms with Crippen LogP contribution in [0.15, 0.2) is 30.5 Å². The summed E-state index contributed by atoms with van der Waals surface area (Å²) >= 11 is 0. The molecule has 0 fully saturated rings. The van der Waals surface area contributed by atoms with Crippen molar-refractivity contribution in [3.63, 3.8) is 0 Å². The minimum absolute atomic E-state index is 0.0623. The molecule has 0 radical (unpaired) electrons. The molecule has 1 aromatic heterocycles. The van der Waals surface area contributed by atoms with Gasteiger partial charge in [0.1, 0.15) is 0 Å². The average Bonchev–Trinajstić information content (AvgIpc) is 2.86. The van der Waals surface area contributed by atoms with E-state index in [1.54, 1.807) is 20.4 Å². The lowest BCUT2D eigenvalue weighted by Gasteiger charge is -2.18. The first kappa shape index (κ1) is 13.4. The standard InChI is InChI=1S/C14H19N3O2/c1-15-14(11-7-8-16-17(11)2)10-5-6-12(18-3)13(9-10)19-4/h5-9,14-15H,1-4H3. The smallest absolute Gasteiger partial charge is 0.161 e. The molecular formula is C14H19N3O2. The topological polar surface area (TPSA) is 48.3 Å². The van der Waals surface area contributed by atoms with Crippen molar-refractivity contribution < 1.29 is 9.47 Å². The van der Waals surface area contributed by atoms with E-state index >= 15 is 0 Å². The zero-order chi connectivity index (χ0) is 13.8. The van der Waals surface area contributed by atoms with Crippen molar-refractivity contribution in [1.82, 2.24) is 15.1 Å². The van der Waals surface area contributed by atoms with E-state index in [1.165, 1.54) is 0 Å². The number of methoxy groups -OCH3 is 2. The van der Waals surface area contributed by atoms with Gasteiger partial charge in [0.15, 0.2) is 11.5 Å². The fraction of sp³-hybridized carbons (Fsp3) is 0.357. The second-order valence-corrected chi connectivity index (χ2v) is 4.22. The van der Waals surface area contributed by atoms with Gasteiger partial charge in [0.05, 0.1) is 26.0 Å². The lowest BCUT2D eigenvalue weighted by Crippen LogP contribution is -2.20. The van der Waals surface area contributed by atoms with Gasteiger partial charge in [0.2, 0.25) is 0 Å².